The molecule has 0 aliphatic carbocycles. The molecule has 0 amide bonds. The Labute approximate surface area is 129 Å². The third-order valence-electron chi connectivity index (χ3n) is 3.00. The van der Waals surface area contributed by atoms with Crippen molar-refractivity contribution in [3.63, 3.8) is 0 Å². The lowest BCUT2D eigenvalue weighted by Gasteiger charge is -2.12. The van der Waals surface area contributed by atoms with Gasteiger partial charge in [-0.25, -0.2) is 4.98 Å². The number of nitrogens with zero attached hydrogens (tertiary/aromatic N) is 2. The molecule has 0 N–H and O–H groups in total. The van der Waals surface area contributed by atoms with E-state index < -0.39 is 0 Å². The first-order valence-corrected chi connectivity index (χ1v) is 7.68. The van der Waals surface area contributed by atoms with Gasteiger partial charge in [0.25, 0.3) is 0 Å². The quantitative estimate of drug-likeness (QED) is 0.718. The summed E-state index contributed by atoms with van der Waals surface area (Å²) in [5, 5.41) is 0. The van der Waals surface area contributed by atoms with Gasteiger partial charge in [0.2, 0.25) is 0 Å². The van der Waals surface area contributed by atoms with Gasteiger partial charge in [-0.1, -0.05) is 27.7 Å². The summed E-state index contributed by atoms with van der Waals surface area (Å²) in [6.07, 6.45) is 3.28. The van der Waals surface area contributed by atoms with Crippen molar-refractivity contribution in [2.75, 3.05) is 27.2 Å². The first kappa shape index (κ1) is 19.6. The molecule has 0 radical (unpaired) electrons. The van der Waals surface area contributed by atoms with E-state index in [2.05, 4.69) is 30.8 Å². The van der Waals surface area contributed by atoms with Crippen LogP contribution in [-0.2, 0) is 0 Å². The Hall–Kier alpha value is -1.42. The maximum absolute atomic E-state index is 10.5. The fourth-order valence-corrected chi connectivity index (χ4v) is 1.90. The van der Waals surface area contributed by atoms with Crippen LogP contribution in [0.25, 0.3) is 0 Å². The summed E-state index contributed by atoms with van der Waals surface area (Å²) < 4.78 is 5.05. The van der Waals surface area contributed by atoms with Gasteiger partial charge >= 0.3 is 0 Å². The molecule has 0 saturated heterocycles. The van der Waals surface area contributed by atoms with Crippen molar-refractivity contribution in [3.05, 3.63) is 23.5 Å². The third-order valence-corrected chi connectivity index (χ3v) is 3.00. The van der Waals surface area contributed by atoms with E-state index in [1.807, 2.05) is 19.9 Å². The lowest BCUT2D eigenvalue weighted by Crippen LogP contribution is -2.19. The maximum atomic E-state index is 10.5. The third kappa shape index (κ3) is 8.45. The minimum absolute atomic E-state index is 0.300. The first-order valence-electron chi connectivity index (χ1n) is 7.68. The monoisotopic (exact) mass is 294 g/mol. The van der Waals surface area contributed by atoms with Crippen molar-refractivity contribution >= 4 is 6.29 Å². The molecule has 0 aromatic carbocycles. The molecule has 0 saturated carbocycles. The van der Waals surface area contributed by atoms with Crippen molar-refractivity contribution in [2.45, 2.75) is 46.5 Å². The zero-order chi connectivity index (χ0) is 16.3. The molecule has 4 heteroatoms. The van der Waals surface area contributed by atoms with Crippen LogP contribution in [0.5, 0.6) is 5.75 Å². The topological polar surface area (TPSA) is 42.4 Å². The van der Waals surface area contributed by atoms with Crippen molar-refractivity contribution < 1.29 is 9.53 Å². The van der Waals surface area contributed by atoms with E-state index in [1.54, 1.807) is 13.2 Å². The molecule has 0 aliphatic heterocycles. The number of hydrogen-bond acceptors (Lipinski definition) is 4. The number of carbonyl (C=O) groups excluding carboxylic acids is 1. The molecular formula is C17H30N2O2. The largest absolute Gasteiger partial charge is 0.497 e. The zero-order valence-corrected chi connectivity index (χ0v) is 14.3. The average Bonchev–Trinajstić information content (AvgIpc) is 2.47. The number of aromatic nitrogens is 1. The Bertz CT molecular complexity index is 400. The van der Waals surface area contributed by atoms with Crippen LogP contribution in [0.2, 0.25) is 0 Å². The van der Waals surface area contributed by atoms with Gasteiger partial charge in [0.1, 0.15) is 11.4 Å². The van der Waals surface area contributed by atoms with Crippen LogP contribution in [-0.4, -0.2) is 43.4 Å². The summed E-state index contributed by atoms with van der Waals surface area (Å²) in [5.74, 6) is 0.981. The molecule has 0 atom stereocenters. The fraction of sp³-hybridized carbons (Fsp3) is 0.647. The van der Waals surface area contributed by atoms with Gasteiger partial charge in [0, 0.05) is 17.8 Å². The minimum Gasteiger partial charge on any atom is -0.497 e. The smallest absolute Gasteiger partial charge is 0.168 e. The summed E-state index contributed by atoms with van der Waals surface area (Å²) in [6.45, 7) is 11.0. The highest BCUT2D eigenvalue weighted by atomic mass is 16.5. The number of methoxy groups -OCH3 is 1. The van der Waals surface area contributed by atoms with Gasteiger partial charge < -0.3 is 9.64 Å². The van der Waals surface area contributed by atoms with Gasteiger partial charge in [-0.15, -0.1) is 0 Å². The lowest BCUT2D eigenvalue weighted by molar-refractivity contribution is 0.111. The Morgan fingerprint density at radius 1 is 1.24 bits per heavy atom. The number of hydrogen-bond donors (Lipinski definition) is 0. The number of aldehydes is 1. The number of rotatable bonds is 7. The SMILES string of the molecule is CCCN(C)CCC.COc1cc(C=O)nc(C(C)C)c1. The van der Waals surface area contributed by atoms with E-state index in [-0.39, 0.29) is 0 Å². The van der Waals surface area contributed by atoms with Crippen LogP contribution in [0.3, 0.4) is 0 Å². The highest BCUT2D eigenvalue weighted by Crippen LogP contribution is 2.18. The molecule has 0 unspecified atom stereocenters. The number of carbonyl (C=O) groups is 1. The summed E-state index contributed by atoms with van der Waals surface area (Å²) >= 11 is 0. The van der Waals surface area contributed by atoms with E-state index >= 15 is 0 Å². The predicted molar refractivity (Wildman–Crippen MR) is 88.3 cm³/mol. The fourth-order valence-electron chi connectivity index (χ4n) is 1.90. The van der Waals surface area contributed by atoms with E-state index in [0.29, 0.717) is 17.4 Å². The predicted octanol–water partition coefficient (Wildman–Crippen LogP) is 3.76. The van der Waals surface area contributed by atoms with Crippen molar-refractivity contribution in [1.82, 2.24) is 9.88 Å². The molecule has 0 spiro atoms. The molecule has 0 fully saturated rings. The summed E-state index contributed by atoms with van der Waals surface area (Å²) in [4.78, 5) is 17.0. The summed E-state index contributed by atoms with van der Waals surface area (Å²) in [7, 11) is 3.75. The highest BCUT2D eigenvalue weighted by molar-refractivity contribution is 5.72. The molecule has 120 valence electrons. The normalized spacial score (nSPS) is 10.3. The van der Waals surface area contributed by atoms with Crippen LogP contribution in [0.4, 0.5) is 0 Å². The van der Waals surface area contributed by atoms with Gasteiger partial charge in [-0.3, -0.25) is 4.79 Å². The van der Waals surface area contributed by atoms with E-state index in [0.717, 1.165) is 12.0 Å². The Morgan fingerprint density at radius 3 is 2.19 bits per heavy atom. The molecular weight excluding hydrogens is 264 g/mol. The summed E-state index contributed by atoms with van der Waals surface area (Å²) in [5.41, 5.74) is 1.30. The van der Waals surface area contributed by atoms with Crippen LogP contribution in [0, 0.1) is 0 Å². The minimum atomic E-state index is 0.300. The molecule has 1 aromatic rings. The van der Waals surface area contributed by atoms with Gasteiger partial charge in [-0.2, -0.15) is 0 Å². The second-order valence-electron chi connectivity index (χ2n) is 5.43. The lowest BCUT2D eigenvalue weighted by atomic mass is 10.1. The maximum Gasteiger partial charge on any atom is 0.168 e. The van der Waals surface area contributed by atoms with Gasteiger partial charge in [0.05, 0.1) is 7.11 Å². The van der Waals surface area contributed by atoms with E-state index in [1.165, 1.54) is 25.9 Å². The average molecular weight is 294 g/mol. The second-order valence-corrected chi connectivity index (χ2v) is 5.43. The van der Waals surface area contributed by atoms with Crippen LogP contribution in [0.15, 0.2) is 12.1 Å². The molecule has 0 aliphatic rings. The van der Waals surface area contributed by atoms with Crippen molar-refractivity contribution in [3.8, 4) is 5.75 Å². The van der Waals surface area contributed by atoms with Gasteiger partial charge in [-0.05, 0) is 38.9 Å². The van der Waals surface area contributed by atoms with E-state index in [9.17, 15) is 4.79 Å². The molecule has 1 rings (SSSR count). The standard InChI is InChI=1S/C10H13NO2.C7H17N/c1-7(2)10-5-9(13-3)4-8(6-12)11-10;1-4-6-8(3)7-5-2/h4-7H,1-3H3;4-7H2,1-3H3. The Balaban J connectivity index is 0.000000433. The zero-order valence-electron chi connectivity index (χ0n) is 14.3. The second kappa shape index (κ2) is 11.3. The van der Waals surface area contributed by atoms with Crippen LogP contribution in [0.1, 0.15) is 62.6 Å². The number of pyridine rings is 1. The first-order chi connectivity index (χ1) is 9.98. The molecule has 1 aromatic heterocycles. The highest BCUT2D eigenvalue weighted by Gasteiger charge is 2.05. The summed E-state index contributed by atoms with van der Waals surface area (Å²) in [6, 6.07) is 3.47. The Morgan fingerprint density at radius 2 is 1.81 bits per heavy atom. The van der Waals surface area contributed by atoms with Crippen LogP contribution < -0.4 is 4.74 Å². The van der Waals surface area contributed by atoms with Gasteiger partial charge in [0.15, 0.2) is 6.29 Å². The number of ether oxygens (including phenoxy) is 1. The molecule has 1 heterocycles. The molecule has 21 heavy (non-hydrogen) atoms. The van der Waals surface area contributed by atoms with E-state index in [4.69, 9.17) is 4.74 Å². The molecule has 4 nitrogen and oxygen atoms in total. The van der Waals surface area contributed by atoms with Crippen LogP contribution >= 0.6 is 0 Å². The van der Waals surface area contributed by atoms with Crippen molar-refractivity contribution in [1.29, 1.82) is 0 Å². The van der Waals surface area contributed by atoms with Crippen molar-refractivity contribution in [2.24, 2.45) is 0 Å². The Kier molecular flexibility index (Phi) is 10.5. The molecule has 0 bridgehead atoms.